The maximum absolute atomic E-state index is 12.3. The summed E-state index contributed by atoms with van der Waals surface area (Å²) in [6.07, 6.45) is 0. The molecular weight excluding hydrogens is 386 g/mol. The number of hydrogen-bond donors (Lipinski definition) is 1. The Labute approximate surface area is 174 Å². The van der Waals surface area contributed by atoms with E-state index in [-0.39, 0.29) is 6.61 Å². The molecule has 0 radical (unpaired) electrons. The summed E-state index contributed by atoms with van der Waals surface area (Å²) in [5, 5.41) is 12.1. The molecule has 29 heavy (non-hydrogen) atoms. The number of fused-ring (bicyclic) bond motifs is 1. The lowest BCUT2D eigenvalue weighted by atomic mass is 10.1. The molecule has 0 fully saturated rings. The Morgan fingerprint density at radius 3 is 2.62 bits per heavy atom. The van der Waals surface area contributed by atoms with E-state index in [4.69, 9.17) is 15.2 Å². The zero-order chi connectivity index (χ0) is 21.0. The number of anilines is 1. The van der Waals surface area contributed by atoms with Gasteiger partial charge in [-0.2, -0.15) is 5.26 Å². The van der Waals surface area contributed by atoms with Gasteiger partial charge in [-0.15, -0.1) is 11.3 Å². The third-order valence-corrected chi connectivity index (χ3v) is 5.64. The van der Waals surface area contributed by atoms with E-state index in [0.29, 0.717) is 34.1 Å². The van der Waals surface area contributed by atoms with E-state index >= 15 is 0 Å². The van der Waals surface area contributed by atoms with E-state index in [9.17, 15) is 10.1 Å². The van der Waals surface area contributed by atoms with Gasteiger partial charge >= 0.3 is 5.97 Å². The Balaban J connectivity index is 1.82. The zero-order valence-corrected chi connectivity index (χ0v) is 17.5. The van der Waals surface area contributed by atoms with Crippen molar-refractivity contribution in [2.45, 2.75) is 20.0 Å². The highest BCUT2D eigenvalue weighted by molar-refractivity contribution is 7.18. The van der Waals surface area contributed by atoms with Crippen LogP contribution in [0.25, 0.3) is 10.8 Å². The number of esters is 1. The second-order valence-electron chi connectivity index (χ2n) is 6.70. The van der Waals surface area contributed by atoms with Crippen molar-refractivity contribution in [3.63, 3.8) is 0 Å². The van der Waals surface area contributed by atoms with Gasteiger partial charge < -0.3 is 15.2 Å². The number of carbonyl (C=O) groups excluding carboxylic acids is 1. The summed E-state index contributed by atoms with van der Waals surface area (Å²) in [5.74, 6) is 0.390. The molecule has 7 heteroatoms. The number of nitrogens with two attached hydrogens (primary N) is 1. The lowest BCUT2D eigenvalue weighted by Crippen LogP contribution is -2.19. The number of nitrogen functional groups attached to an aromatic ring is 1. The third-order valence-electron chi connectivity index (χ3n) is 4.60. The molecule has 0 unspecified atom stereocenters. The summed E-state index contributed by atoms with van der Waals surface area (Å²) in [6.45, 7) is 3.10. The van der Waals surface area contributed by atoms with Crippen LogP contribution in [-0.2, 0) is 17.8 Å². The van der Waals surface area contributed by atoms with Crippen molar-refractivity contribution >= 4 is 33.1 Å². The second kappa shape index (κ2) is 8.95. The monoisotopic (exact) mass is 409 g/mol. The van der Waals surface area contributed by atoms with Gasteiger partial charge in [0.25, 0.3) is 0 Å². The van der Waals surface area contributed by atoms with Crippen LogP contribution in [0, 0.1) is 11.3 Å². The molecule has 6 nitrogen and oxygen atoms in total. The van der Waals surface area contributed by atoms with Crippen LogP contribution in [-0.4, -0.2) is 31.6 Å². The molecule has 0 atom stereocenters. The molecule has 0 amide bonds. The van der Waals surface area contributed by atoms with Crippen molar-refractivity contribution in [1.29, 1.82) is 5.26 Å². The normalized spacial score (nSPS) is 10.9. The average Bonchev–Trinajstić information content (AvgIpc) is 3.02. The fraction of sp³-hybridized carbons (Fsp3) is 0.273. The van der Waals surface area contributed by atoms with Gasteiger partial charge in [0, 0.05) is 18.7 Å². The topological polar surface area (TPSA) is 88.6 Å². The number of ether oxygens (including phenoxy) is 2. The van der Waals surface area contributed by atoms with Gasteiger partial charge in [0.2, 0.25) is 0 Å². The Bertz CT molecular complexity index is 1080. The Hall–Kier alpha value is -3.08. The summed E-state index contributed by atoms with van der Waals surface area (Å²) < 4.78 is 10.4. The molecule has 1 heterocycles. The molecule has 150 valence electrons. The standard InChI is InChI=1S/C22H23N3O3S/c1-4-28-22(26)20-19(18(11-23)21(24)29-20)13-25(2)12-14-5-6-16-10-17(27-3)8-7-15(16)9-14/h5-10H,4,12-13,24H2,1-3H3. The SMILES string of the molecule is CCOC(=O)c1sc(N)c(C#N)c1CN(C)Cc1ccc2cc(OC)ccc2c1. The molecule has 1 aromatic heterocycles. The van der Waals surface area contributed by atoms with Crippen molar-refractivity contribution in [1.82, 2.24) is 4.90 Å². The molecule has 3 rings (SSSR count). The first-order chi connectivity index (χ1) is 14.0. The van der Waals surface area contributed by atoms with E-state index in [2.05, 4.69) is 29.2 Å². The quantitative estimate of drug-likeness (QED) is 0.589. The van der Waals surface area contributed by atoms with Gasteiger partial charge in [-0.1, -0.05) is 18.2 Å². The molecule has 0 aliphatic carbocycles. The number of benzene rings is 2. The molecule has 0 bridgehead atoms. The number of thiophene rings is 1. The number of nitrogens with zero attached hydrogens (tertiary/aromatic N) is 2. The van der Waals surface area contributed by atoms with Crippen LogP contribution in [0.3, 0.4) is 0 Å². The van der Waals surface area contributed by atoms with Crippen LogP contribution in [0.5, 0.6) is 5.75 Å². The number of carbonyl (C=O) groups is 1. The van der Waals surface area contributed by atoms with E-state index < -0.39 is 5.97 Å². The van der Waals surface area contributed by atoms with Gasteiger partial charge in [0.05, 0.1) is 19.3 Å². The molecule has 2 N–H and O–H groups in total. The van der Waals surface area contributed by atoms with Crippen molar-refractivity contribution < 1.29 is 14.3 Å². The van der Waals surface area contributed by atoms with Gasteiger partial charge in [-0.05, 0) is 48.5 Å². The second-order valence-corrected chi connectivity index (χ2v) is 7.75. The predicted molar refractivity (Wildman–Crippen MR) is 115 cm³/mol. The minimum absolute atomic E-state index is 0.273. The molecular formula is C22H23N3O3S. The van der Waals surface area contributed by atoms with Crippen molar-refractivity contribution in [2.24, 2.45) is 0 Å². The zero-order valence-electron chi connectivity index (χ0n) is 16.7. The summed E-state index contributed by atoms with van der Waals surface area (Å²) in [5.41, 5.74) is 8.07. The average molecular weight is 410 g/mol. The first-order valence-corrected chi connectivity index (χ1v) is 10.0. The van der Waals surface area contributed by atoms with Crippen molar-refractivity contribution in [3.05, 3.63) is 58.0 Å². The molecule has 0 spiro atoms. The molecule has 0 saturated carbocycles. The Kier molecular flexibility index (Phi) is 6.37. The molecule has 0 saturated heterocycles. The van der Waals surface area contributed by atoms with Gasteiger partial charge in [-0.25, -0.2) is 4.79 Å². The van der Waals surface area contributed by atoms with Crippen LogP contribution < -0.4 is 10.5 Å². The lowest BCUT2D eigenvalue weighted by molar-refractivity contribution is 0.0530. The minimum Gasteiger partial charge on any atom is -0.497 e. The van der Waals surface area contributed by atoms with E-state index in [1.165, 1.54) is 0 Å². The molecule has 2 aromatic carbocycles. The summed E-state index contributed by atoms with van der Waals surface area (Å²) in [6, 6.07) is 14.4. The Morgan fingerprint density at radius 2 is 1.93 bits per heavy atom. The van der Waals surface area contributed by atoms with Crippen LogP contribution in [0.15, 0.2) is 36.4 Å². The van der Waals surface area contributed by atoms with Crippen LogP contribution in [0.1, 0.15) is 33.3 Å². The van der Waals surface area contributed by atoms with Crippen molar-refractivity contribution in [2.75, 3.05) is 26.5 Å². The molecule has 0 aliphatic rings. The van der Waals surface area contributed by atoms with E-state index in [0.717, 1.165) is 33.4 Å². The first-order valence-electron chi connectivity index (χ1n) is 9.20. The largest absolute Gasteiger partial charge is 0.497 e. The fourth-order valence-electron chi connectivity index (χ4n) is 3.26. The number of hydrogen-bond acceptors (Lipinski definition) is 7. The molecule has 3 aromatic rings. The highest BCUT2D eigenvalue weighted by Gasteiger charge is 2.23. The first kappa shape index (κ1) is 20.6. The van der Waals surface area contributed by atoms with Gasteiger partial charge in [0.1, 0.15) is 21.7 Å². The third kappa shape index (κ3) is 4.50. The Morgan fingerprint density at radius 1 is 1.21 bits per heavy atom. The summed E-state index contributed by atoms with van der Waals surface area (Å²) in [4.78, 5) is 14.7. The number of rotatable bonds is 7. The van der Waals surface area contributed by atoms with Crippen LogP contribution >= 0.6 is 11.3 Å². The predicted octanol–water partition coefficient (Wildman–Crippen LogP) is 4.17. The fourth-order valence-corrected chi connectivity index (χ4v) is 4.18. The lowest BCUT2D eigenvalue weighted by Gasteiger charge is -2.18. The van der Waals surface area contributed by atoms with Crippen LogP contribution in [0.4, 0.5) is 5.00 Å². The summed E-state index contributed by atoms with van der Waals surface area (Å²) >= 11 is 1.11. The van der Waals surface area contributed by atoms with E-state index in [1.807, 2.05) is 25.2 Å². The molecule has 0 aliphatic heterocycles. The van der Waals surface area contributed by atoms with Gasteiger partial charge in [-0.3, -0.25) is 4.90 Å². The number of nitriles is 1. The maximum atomic E-state index is 12.3. The van der Waals surface area contributed by atoms with E-state index in [1.54, 1.807) is 14.0 Å². The smallest absolute Gasteiger partial charge is 0.348 e. The number of methoxy groups -OCH3 is 1. The van der Waals surface area contributed by atoms with Gasteiger partial charge in [0.15, 0.2) is 0 Å². The maximum Gasteiger partial charge on any atom is 0.348 e. The highest BCUT2D eigenvalue weighted by atomic mass is 32.1. The summed E-state index contributed by atoms with van der Waals surface area (Å²) in [7, 11) is 3.60. The van der Waals surface area contributed by atoms with Crippen LogP contribution in [0.2, 0.25) is 0 Å². The van der Waals surface area contributed by atoms with Crippen molar-refractivity contribution in [3.8, 4) is 11.8 Å². The highest BCUT2D eigenvalue weighted by Crippen LogP contribution is 2.32. The minimum atomic E-state index is -0.436.